The summed E-state index contributed by atoms with van der Waals surface area (Å²) in [5, 5.41) is 7.80. The van der Waals surface area contributed by atoms with E-state index in [0.717, 1.165) is 11.8 Å². The zero-order valence-electron chi connectivity index (χ0n) is 7.67. The van der Waals surface area contributed by atoms with E-state index >= 15 is 0 Å². The van der Waals surface area contributed by atoms with Gasteiger partial charge in [-0.1, -0.05) is 21.9 Å². The van der Waals surface area contributed by atoms with E-state index in [9.17, 15) is 4.79 Å². The molecule has 0 saturated carbocycles. The van der Waals surface area contributed by atoms with Crippen LogP contribution in [0.25, 0.3) is 11.0 Å². The Hall–Kier alpha value is -1.61. The van der Waals surface area contributed by atoms with E-state index in [1.807, 2.05) is 0 Å². The van der Waals surface area contributed by atoms with Gasteiger partial charge in [-0.2, -0.15) is 5.10 Å². The van der Waals surface area contributed by atoms with Crippen molar-refractivity contribution in [3.05, 3.63) is 22.4 Å². The van der Waals surface area contributed by atoms with Gasteiger partial charge < -0.3 is 4.98 Å². The van der Waals surface area contributed by atoms with Gasteiger partial charge in [0.1, 0.15) is 11.1 Å². The Morgan fingerprint density at radius 2 is 2.40 bits per heavy atom. The third kappa shape index (κ3) is 1.92. The van der Waals surface area contributed by atoms with Crippen LogP contribution in [0.3, 0.4) is 0 Å². The van der Waals surface area contributed by atoms with Gasteiger partial charge in [-0.25, -0.2) is 4.98 Å². The fraction of sp³-hybridized carbons (Fsp3) is 0.222. The normalized spacial score (nSPS) is 9.93. The molecule has 0 amide bonds. The molecule has 0 saturated heterocycles. The Morgan fingerprint density at radius 1 is 1.53 bits per heavy atom. The van der Waals surface area contributed by atoms with Crippen molar-refractivity contribution in [3.8, 4) is 11.8 Å². The van der Waals surface area contributed by atoms with Gasteiger partial charge in [0.25, 0.3) is 5.56 Å². The molecule has 2 rings (SSSR count). The van der Waals surface area contributed by atoms with E-state index in [1.165, 1.54) is 6.33 Å². The topological polar surface area (TPSA) is 74.4 Å². The molecule has 2 heterocycles. The summed E-state index contributed by atoms with van der Waals surface area (Å²) in [5.41, 5.74) is 0.680. The molecule has 0 aliphatic heterocycles. The quantitative estimate of drug-likeness (QED) is 0.592. The lowest BCUT2D eigenvalue weighted by Crippen LogP contribution is -2.05. The van der Waals surface area contributed by atoms with Crippen molar-refractivity contribution in [2.24, 2.45) is 0 Å². The van der Waals surface area contributed by atoms with Crippen LogP contribution in [-0.2, 0) is 0 Å². The highest BCUT2D eigenvalue weighted by Gasteiger charge is 2.07. The number of halogens is 1. The first-order valence-corrected chi connectivity index (χ1v) is 5.41. The number of fused-ring (bicyclic) bond motifs is 1. The molecular weight excluding hydrogens is 260 g/mol. The fourth-order valence-electron chi connectivity index (χ4n) is 1.15. The van der Waals surface area contributed by atoms with Gasteiger partial charge in [0, 0.05) is 11.8 Å². The minimum absolute atomic E-state index is 0.225. The molecule has 0 bridgehead atoms. The molecule has 2 aromatic rings. The Bertz CT molecular complexity index is 589. The summed E-state index contributed by atoms with van der Waals surface area (Å²) in [4.78, 5) is 17.9. The SMILES string of the molecule is O=c1[nH]cnc2n[nH]c(C#CCCBr)c12. The predicted molar refractivity (Wildman–Crippen MR) is 59.8 cm³/mol. The second-order valence-electron chi connectivity index (χ2n) is 2.77. The van der Waals surface area contributed by atoms with Gasteiger partial charge >= 0.3 is 0 Å². The van der Waals surface area contributed by atoms with Gasteiger partial charge in [0.15, 0.2) is 5.65 Å². The van der Waals surface area contributed by atoms with Gasteiger partial charge in [-0.15, -0.1) is 0 Å². The van der Waals surface area contributed by atoms with E-state index in [1.54, 1.807) is 0 Å². The minimum atomic E-state index is -0.225. The first-order valence-electron chi connectivity index (χ1n) is 4.29. The molecular formula is C9H7BrN4O. The van der Waals surface area contributed by atoms with Gasteiger partial charge in [0.2, 0.25) is 0 Å². The molecule has 0 atom stereocenters. The number of nitrogens with one attached hydrogen (secondary N) is 2. The standard InChI is InChI=1S/C9H7BrN4O/c10-4-2-1-3-6-7-8(14-13-6)11-5-12-9(7)15/h5H,2,4H2,(H2,11,12,13,14,15). The molecule has 0 unspecified atom stereocenters. The van der Waals surface area contributed by atoms with Crippen molar-refractivity contribution >= 4 is 27.0 Å². The van der Waals surface area contributed by atoms with E-state index in [2.05, 4.69) is 47.9 Å². The van der Waals surface area contributed by atoms with Crippen molar-refractivity contribution in [2.45, 2.75) is 6.42 Å². The number of nitrogens with zero attached hydrogens (tertiary/aromatic N) is 2. The third-order valence-electron chi connectivity index (χ3n) is 1.79. The number of alkyl halides is 1. The highest BCUT2D eigenvalue weighted by atomic mass is 79.9. The Kier molecular flexibility index (Phi) is 2.83. The largest absolute Gasteiger partial charge is 0.312 e. The van der Waals surface area contributed by atoms with Crippen LogP contribution in [0.15, 0.2) is 11.1 Å². The molecule has 0 spiro atoms. The summed E-state index contributed by atoms with van der Waals surface area (Å²) in [7, 11) is 0. The molecule has 15 heavy (non-hydrogen) atoms. The smallest absolute Gasteiger partial charge is 0.263 e. The van der Waals surface area contributed by atoms with Crippen LogP contribution in [0, 0.1) is 11.8 Å². The van der Waals surface area contributed by atoms with Crippen molar-refractivity contribution < 1.29 is 0 Å². The highest BCUT2D eigenvalue weighted by Crippen LogP contribution is 2.05. The average molecular weight is 267 g/mol. The van der Waals surface area contributed by atoms with E-state index in [-0.39, 0.29) is 5.56 Å². The molecule has 76 valence electrons. The number of rotatable bonds is 1. The van der Waals surface area contributed by atoms with Crippen LogP contribution >= 0.6 is 15.9 Å². The van der Waals surface area contributed by atoms with Crippen LogP contribution in [0.4, 0.5) is 0 Å². The maximum Gasteiger partial charge on any atom is 0.263 e. The number of aromatic nitrogens is 4. The Morgan fingerprint density at radius 3 is 3.20 bits per heavy atom. The lowest BCUT2D eigenvalue weighted by molar-refractivity contribution is 1.07. The van der Waals surface area contributed by atoms with E-state index in [4.69, 9.17) is 0 Å². The summed E-state index contributed by atoms with van der Waals surface area (Å²) in [6.07, 6.45) is 2.04. The highest BCUT2D eigenvalue weighted by molar-refractivity contribution is 9.09. The lowest BCUT2D eigenvalue weighted by atomic mass is 10.3. The third-order valence-corrected chi connectivity index (χ3v) is 2.19. The average Bonchev–Trinajstić information content (AvgIpc) is 2.63. The maximum atomic E-state index is 11.5. The van der Waals surface area contributed by atoms with Gasteiger partial charge in [-0.3, -0.25) is 9.89 Å². The fourth-order valence-corrected chi connectivity index (χ4v) is 1.35. The maximum absolute atomic E-state index is 11.5. The zero-order valence-corrected chi connectivity index (χ0v) is 9.26. The number of hydrogen-bond donors (Lipinski definition) is 2. The van der Waals surface area contributed by atoms with Crippen molar-refractivity contribution in [3.63, 3.8) is 0 Å². The Labute approximate surface area is 93.4 Å². The van der Waals surface area contributed by atoms with Crippen LogP contribution in [0.2, 0.25) is 0 Å². The van der Waals surface area contributed by atoms with Crippen molar-refractivity contribution in [1.29, 1.82) is 0 Å². The molecule has 2 N–H and O–H groups in total. The second-order valence-corrected chi connectivity index (χ2v) is 3.56. The first kappa shape index (κ1) is 9.93. The molecule has 0 radical (unpaired) electrons. The molecule has 6 heteroatoms. The van der Waals surface area contributed by atoms with Crippen LogP contribution in [-0.4, -0.2) is 25.5 Å². The Balaban J connectivity index is 2.55. The summed E-state index contributed by atoms with van der Waals surface area (Å²) >= 11 is 3.27. The molecule has 0 aliphatic carbocycles. The molecule has 5 nitrogen and oxygen atoms in total. The second kappa shape index (κ2) is 4.28. The molecule has 0 fully saturated rings. The minimum Gasteiger partial charge on any atom is -0.312 e. The number of aromatic amines is 2. The van der Waals surface area contributed by atoms with Crippen LogP contribution in [0.5, 0.6) is 0 Å². The summed E-state index contributed by atoms with van der Waals surface area (Å²) in [5.74, 6) is 5.76. The monoisotopic (exact) mass is 266 g/mol. The lowest BCUT2D eigenvalue weighted by Gasteiger charge is -1.85. The van der Waals surface area contributed by atoms with E-state index < -0.39 is 0 Å². The zero-order chi connectivity index (χ0) is 10.7. The molecule has 0 aliphatic rings. The molecule has 2 aromatic heterocycles. The van der Waals surface area contributed by atoms with Gasteiger partial charge in [-0.05, 0) is 5.92 Å². The van der Waals surface area contributed by atoms with Crippen LogP contribution < -0.4 is 5.56 Å². The van der Waals surface area contributed by atoms with Crippen molar-refractivity contribution in [2.75, 3.05) is 5.33 Å². The summed E-state index contributed by atoms with van der Waals surface area (Å²) in [6.45, 7) is 0. The van der Waals surface area contributed by atoms with Gasteiger partial charge in [0.05, 0.1) is 6.33 Å². The summed E-state index contributed by atoms with van der Waals surface area (Å²) < 4.78 is 0. The summed E-state index contributed by atoms with van der Waals surface area (Å²) in [6, 6.07) is 0. The van der Waals surface area contributed by atoms with Crippen molar-refractivity contribution in [1.82, 2.24) is 20.2 Å². The number of hydrogen-bond acceptors (Lipinski definition) is 3. The van der Waals surface area contributed by atoms with E-state index in [0.29, 0.717) is 16.7 Å². The predicted octanol–water partition coefficient (Wildman–Crippen LogP) is 0.783. The molecule has 0 aromatic carbocycles. The van der Waals surface area contributed by atoms with Crippen LogP contribution in [0.1, 0.15) is 12.1 Å². The number of H-pyrrole nitrogens is 2. The first-order chi connectivity index (χ1) is 7.33.